The summed E-state index contributed by atoms with van der Waals surface area (Å²) >= 11 is 7.59. The lowest BCUT2D eigenvalue weighted by atomic mass is 9.97. The number of aryl methyl sites for hydroxylation is 1. The Morgan fingerprint density at radius 3 is 3.11 bits per heavy atom. The van der Waals surface area contributed by atoms with Crippen molar-refractivity contribution >= 4 is 34.0 Å². The van der Waals surface area contributed by atoms with Crippen molar-refractivity contribution in [3.8, 4) is 17.3 Å². The van der Waals surface area contributed by atoms with Crippen molar-refractivity contribution in [3.63, 3.8) is 0 Å². The minimum Gasteiger partial charge on any atom is -0.392 e. The fourth-order valence-corrected chi connectivity index (χ4v) is 4.52. The van der Waals surface area contributed by atoms with Crippen LogP contribution in [0.25, 0.3) is 22.3 Å². The molecule has 0 aliphatic carbocycles. The van der Waals surface area contributed by atoms with E-state index in [0.29, 0.717) is 10.0 Å². The summed E-state index contributed by atoms with van der Waals surface area (Å²) in [5.74, 6) is 0. The maximum atomic E-state index is 10.1. The quantitative estimate of drug-likeness (QED) is 0.682. The van der Waals surface area contributed by atoms with Gasteiger partial charge in [0.25, 0.3) is 0 Å². The molecule has 1 aromatic carbocycles. The van der Waals surface area contributed by atoms with E-state index in [-0.39, 0.29) is 12.1 Å². The molecule has 1 fully saturated rings. The molecule has 8 heteroatoms. The van der Waals surface area contributed by atoms with E-state index in [1.807, 2.05) is 23.8 Å². The summed E-state index contributed by atoms with van der Waals surface area (Å²) in [5, 5.41) is 25.5. The highest BCUT2D eigenvalue weighted by molar-refractivity contribution is 7.10. The second-order valence-corrected chi connectivity index (χ2v) is 8.12. The van der Waals surface area contributed by atoms with Gasteiger partial charge in [0.2, 0.25) is 0 Å². The number of halogens is 1. The van der Waals surface area contributed by atoms with Crippen LogP contribution in [0.3, 0.4) is 0 Å². The van der Waals surface area contributed by atoms with Gasteiger partial charge < -0.3 is 15.0 Å². The summed E-state index contributed by atoms with van der Waals surface area (Å²) in [5.41, 5.74) is 3.44. The summed E-state index contributed by atoms with van der Waals surface area (Å²) in [4.78, 5) is 8.89. The fraction of sp³-hybridized carbons (Fsp3) is 0.421. The van der Waals surface area contributed by atoms with Crippen molar-refractivity contribution in [2.24, 2.45) is 0 Å². The predicted octanol–water partition coefficient (Wildman–Crippen LogP) is 3.58. The van der Waals surface area contributed by atoms with Crippen LogP contribution >= 0.6 is 22.9 Å². The molecule has 0 radical (unpaired) electrons. The number of nitrogens with zero attached hydrogens (tertiary/aromatic N) is 4. The van der Waals surface area contributed by atoms with Crippen LogP contribution in [0.15, 0.2) is 23.8 Å². The number of aromatic nitrogens is 3. The Labute approximate surface area is 166 Å². The molecule has 3 aromatic rings. The first-order valence-electron chi connectivity index (χ1n) is 9.07. The number of benzene rings is 1. The molecule has 2 atom stereocenters. The van der Waals surface area contributed by atoms with E-state index >= 15 is 0 Å². The van der Waals surface area contributed by atoms with Gasteiger partial charge in [-0.25, -0.2) is 9.97 Å². The zero-order chi connectivity index (χ0) is 18.8. The van der Waals surface area contributed by atoms with Gasteiger partial charge in [-0.3, -0.25) is 0 Å². The number of fused-ring (bicyclic) bond motifs is 1. The average molecular weight is 402 g/mol. The number of aliphatic hydroxyl groups excluding tert-OH is 1. The number of nitriles is 1. The highest BCUT2D eigenvalue weighted by Crippen LogP contribution is 2.32. The van der Waals surface area contributed by atoms with Gasteiger partial charge in [-0.15, -0.1) is 11.3 Å². The molecule has 0 unspecified atom stereocenters. The molecule has 3 heterocycles. The molecule has 4 rings (SSSR count). The second-order valence-electron chi connectivity index (χ2n) is 6.82. The number of aliphatic hydroxyl groups is 1. The third kappa shape index (κ3) is 3.85. The number of hydrogen-bond acceptors (Lipinski definition) is 6. The van der Waals surface area contributed by atoms with Crippen LogP contribution in [0.4, 0.5) is 0 Å². The second kappa shape index (κ2) is 7.95. The Morgan fingerprint density at radius 2 is 2.33 bits per heavy atom. The van der Waals surface area contributed by atoms with Crippen LogP contribution in [-0.2, 0) is 6.54 Å². The number of nitrogens with one attached hydrogen (secondary N) is 1. The molecule has 6 nitrogen and oxygen atoms in total. The van der Waals surface area contributed by atoms with Gasteiger partial charge in [0.05, 0.1) is 29.2 Å². The number of imidazole rings is 1. The van der Waals surface area contributed by atoms with Gasteiger partial charge in [-0.1, -0.05) is 11.6 Å². The van der Waals surface area contributed by atoms with E-state index in [1.165, 1.54) is 11.3 Å². The molecule has 140 valence electrons. The standard InChI is InChI=1S/C19H20ClN5OS/c20-12-7-13(16-10-27-18(9-21)24-16)19-15(8-12)23-11-25(19)6-2-3-14-17(26)4-1-5-22-14/h7-8,10-11,14,17,22,26H,1-6H2/t14-,17+/m1/s1. The van der Waals surface area contributed by atoms with E-state index in [9.17, 15) is 5.11 Å². The highest BCUT2D eigenvalue weighted by Gasteiger charge is 2.22. The molecule has 2 N–H and O–H groups in total. The lowest BCUT2D eigenvalue weighted by Crippen LogP contribution is -2.44. The number of thiazole rings is 1. The maximum Gasteiger partial charge on any atom is 0.194 e. The molecular weight excluding hydrogens is 382 g/mol. The van der Waals surface area contributed by atoms with Crippen LogP contribution in [0, 0.1) is 11.3 Å². The summed E-state index contributed by atoms with van der Waals surface area (Å²) in [6.07, 6.45) is 5.33. The zero-order valence-corrected chi connectivity index (χ0v) is 16.3. The minimum absolute atomic E-state index is 0.166. The van der Waals surface area contributed by atoms with Crippen molar-refractivity contribution in [1.29, 1.82) is 5.26 Å². The first-order chi connectivity index (χ1) is 13.2. The molecular formula is C19H20ClN5OS. The zero-order valence-electron chi connectivity index (χ0n) is 14.7. The lowest BCUT2D eigenvalue weighted by Gasteiger charge is -2.29. The highest BCUT2D eigenvalue weighted by atomic mass is 35.5. The molecule has 1 aliphatic heterocycles. The first-order valence-corrected chi connectivity index (χ1v) is 10.3. The molecule has 0 saturated carbocycles. The van der Waals surface area contributed by atoms with Gasteiger partial charge >= 0.3 is 0 Å². The molecule has 2 aromatic heterocycles. The average Bonchev–Trinajstić information content (AvgIpc) is 3.30. The normalized spacial score (nSPS) is 20.0. The first kappa shape index (κ1) is 18.4. The summed E-state index contributed by atoms with van der Waals surface area (Å²) < 4.78 is 2.11. The Kier molecular flexibility index (Phi) is 5.41. The van der Waals surface area contributed by atoms with Crippen LogP contribution < -0.4 is 5.32 Å². The van der Waals surface area contributed by atoms with E-state index in [1.54, 1.807) is 0 Å². The van der Waals surface area contributed by atoms with E-state index < -0.39 is 0 Å². The topological polar surface area (TPSA) is 86.8 Å². The number of hydrogen-bond donors (Lipinski definition) is 2. The van der Waals surface area contributed by atoms with E-state index in [4.69, 9.17) is 16.9 Å². The van der Waals surface area contributed by atoms with E-state index in [2.05, 4.69) is 25.9 Å². The van der Waals surface area contributed by atoms with Crippen LogP contribution in [0.2, 0.25) is 5.02 Å². The van der Waals surface area contributed by atoms with Gasteiger partial charge in [0.15, 0.2) is 5.01 Å². The molecule has 0 amide bonds. The third-order valence-corrected chi connectivity index (χ3v) is 5.98. The smallest absolute Gasteiger partial charge is 0.194 e. The Morgan fingerprint density at radius 1 is 1.44 bits per heavy atom. The molecule has 1 aliphatic rings. The van der Waals surface area contributed by atoms with Gasteiger partial charge in [0.1, 0.15) is 6.07 Å². The Balaban J connectivity index is 1.59. The fourth-order valence-electron chi connectivity index (χ4n) is 3.70. The summed E-state index contributed by atoms with van der Waals surface area (Å²) in [6, 6.07) is 5.98. The van der Waals surface area contributed by atoms with Crippen molar-refractivity contribution < 1.29 is 5.11 Å². The third-order valence-electron chi connectivity index (χ3n) is 5.02. The van der Waals surface area contributed by atoms with Gasteiger partial charge in [-0.2, -0.15) is 5.26 Å². The van der Waals surface area contributed by atoms with Gasteiger partial charge in [-0.05, 0) is 44.4 Å². The molecule has 0 bridgehead atoms. The summed E-state index contributed by atoms with van der Waals surface area (Å²) in [6.45, 7) is 1.77. The number of rotatable bonds is 5. The monoisotopic (exact) mass is 401 g/mol. The van der Waals surface area contributed by atoms with Crippen molar-refractivity contribution in [2.45, 2.75) is 44.4 Å². The largest absolute Gasteiger partial charge is 0.392 e. The van der Waals surface area contributed by atoms with Crippen LogP contribution in [0.1, 0.15) is 30.7 Å². The van der Waals surface area contributed by atoms with Gasteiger partial charge in [0, 0.05) is 28.6 Å². The van der Waals surface area contributed by atoms with Crippen molar-refractivity contribution in [3.05, 3.63) is 33.9 Å². The van der Waals surface area contributed by atoms with Crippen LogP contribution in [0.5, 0.6) is 0 Å². The Bertz CT molecular complexity index is 992. The SMILES string of the molecule is N#Cc1nc(-c2cc(Cl)cc3ncn(CCC[C@H]4NCCC[C@@H]4O)c23)cs1. The maximum absolute atomic E-state index is 10.1. The lowest BCUT2D eigenvalue weighted by molar-refractivity contribution is 0.0909. The van der Waals surface area contributed by atoms with E-state index in [0.717, 1.165) is 61.1 Å². The van der Waals surface area contributed by atoms with Crippen molar-refractivity contribution in [2.75, 3.05) is 6.54 Å². The molecule has 1 saturated heterocycles. The molecule has 0 spiro atoms. The Hall–Kier alpha value is -1.98. The molecule has 27 heavy (non-hydrogen) atoms. The predicted molar refractivity (Wildman–Crippen MR) is 107 cm³/mol. The minimum atomic E-state index is -0.257. The van der Waals surface area contributed by atoms with Crippen LogP contribution in [-0.4, -0.2) is 38.3 Å². The summed E-state index contributed by atoms with van der Waals surface area (Å²) in [7, 11) is 0. The van der Waals surface area contributed by atoms with Crippen molar-refractivity contribution in [1.82, 2.24) is 19.9 Å². The number of piperidine rings is 1.